The van der Waals surface area contributed by atoms with E-state index in [0.29, 0.717) is 0 Å². The SMILES string of the molecule is [3H]N[C@H](CS(=O)[O-])C(=O)O. The van der Waals surface area contributed by atoms with Crippen LogP contribution in [0, 0.1) is 0 Å². The lowest BCUT2D eigenvalue weighted by atomic mass is 10.4. The molecule has 0 saturated heterocycles. The van der Waals surface area contributed by atoms with Crippen molar-refractivity contribution >= 4 is 17.0 Å². The molecule has 0 amide bonds. The summed E-state index contributed by atoms with van der Waals surface area (Å²) < 4.78 is 26.2. The van der Waals surface area contributed by atoms with Gasteiger partial charge >= 0.3 is 5.97 Å². The van der Waals surface area contributed by atoms with E-state index in [-0.39, 0.29) is 0 Å². The highest BCUT2D eigenvalue weighted by Crippen LogP contribution is 1.81. The van der Waals surface area contributed by atoms with Crippen LogP contribution < -0.4 is 5.73 Å². The summed E-state index contributed by atoms with van der Waals surface area (Å²) in [5.41, 5.74) is 1.59. The van der Waals surface area contributed by atoms with Gasteiger partial charge in [0.15, 0.2) is 0 Å². The van der Waals surface area contributed by atoms with Crippen molar-refractivity contribution in [1.29, 1.82) is 0 Å². The van der Waals surface area contributed by atoms with Crippen molar-refractivity contribution in [1.82, 2.24) is 0 Å². The van der Waals surface area contributed by atoms with Crippen LogP contribution in [0.2, 0.25) is 1.41 Å². The maximum atomic E-state index is 10.0. The van der Waals surface area contributed by atoms with Crippen LogP contribution in [0.25, 0.3) is 0 Å². The Kier molecular flexibility index (Phi) is 2.62. The highest BCUT2D eigenvalue weighted by Gasteiger charge is 2.09. The molecule has 1 unspecified atom stereocenters. The Labute approximate surface area is 55.6 Å². The number of carboxylic acids is 1. The van der Waals surface area contributed by atoms with E-state index in [9.17, 15) is 13.6 Å². The van der Waals surface area contributed by atoms with Crippen LogP contribution >= 0.6 is 0 Å². The Hall–Kier alpha value is -0.460. The third-order valence-electron chi connectivity index (χ3n) is 0.601. The summed E-state index contributed by atoms with van der Waals surface area (Å²) in [7, 11) is 0. The lowest BCUT2D eigenvalue weighted by Gasteiger charge is -2.07. The molecular formula is C3H6NO4S-. The van der Waals surface area contributed by atoms with E-state index in [1.165, 1.54) is 0 Å². The molecule has 0 aromatic rings. The summed E-state index contributed by atoms with van der Waals surface area (Å²) >= 11 is -2.43. The van der Waals surface area contributed by atoms with E-state index < -0.39 is 28.8 Å². The molecule has 0 aliphatic rings. The van der Waals surface area contributed by atoms with E-state index in [1.54, 1.807) is 5.73 Å². The molecule has 0 aromatic heterocycles. The summed E-state index contributed by atoms with van der Waals surface area (Å²) in [6, 6.07) is -1.33. The second kappa shape index (κ2) is 3.54. The number of aliphatic carboxylic acids is 1. The molecule has 0 bridgehead atoms. The average molecular weight is 154 g/mol. The van der Waals surface area contributed by atoms with Crippen molar-refractivity contribution in [3.05, 3.63) is 0 Å². The van der Waals surface area contributed by atoms with Gasteiger partial charge in [0.05, 0.1) is 0 Å². The van der Waals surface area contributed by atoms with Crippen molar-refractivity contribution in [2.45, 2.75) is 6.04 Å². The molecule has 0 aromatic carbocycles. The minimum absolute atomic E-state index is 0.584. The molecule has 9 heavy (non-hydrogen) atoms. The van der Waals surface area contributed by atoms with E-state index in [0.717, 1.165) is 0 Å². The van der Waals surface area contributed by atoms with Crippen LogP contribution in [0.4, 0.5) is 0 Å². The average Bonchev–Trinajstić information content (AvgIpc) is 1.81. The standard InChI is InChI=1S/C3H7NO4S/c4-2(3(5)6)1-9(7)8/h2H,1,4H2,(H,5,6)(H,7,8)/p-1/t2-/m1/s1/i/hT. The molecular weight excluding hydrogens is 146 g/mol. The molecule has 2 atom stereocenters. The first kappa shape index (κ1) is 6.66. The summed E-state index contributed by atoms with van der Waals surface area (Å²) in [6.07, 6.45) is 0. The summed E-state index contributed by atoms with van der Waals surface area (Å²) in [5, 5.41) is 8.17. The quantitative estimate of drug-likeness (QED) is 0.468. The largest absolute Gasteiger partial charge is 0.772 e. The number of hydrogen-bond acceptors (Lipinski definition) is 4. The van der Waals surface area contributed by atoms with Gasteiger partial charge in [-0.15, -0.1) is 0 Å². The fourth-order valence-corrected chi connectivity index (χ4v) is 0.622. The summed E-state index contributed by atoms with van der Waals surface area (Å²) in [5.74, 6) is -1.93. The molecule has 0 radical (unpaired) electrons. The second-order valence-electron chi connectivity index (χ2n) is 1.36. The number of carbonyl (C=O) groups is 1. The van der Waals surface area contributed by atoms with E-state index >= 15 is 0 Å². The molecule has 5 nitrogen and oxygen atoms in total. The molecule has 54 valence electrons. The Balaban J connectivity index is 3.83. The molecule has 0 heterocycles. The number of nitrogens with two attached hydrogens (primary N) is 1. The van der Waals surface area contributed by atoms with Crippen LogP contribution in [0.15, 0.2) is 0 Å². The topological polar surface area (TPSA) is 103 Å². The first-order chi connectivity index (χ1) is 4.57. The van der Waals surface area contributed by atoms with Gasteiger partial charge in [0.1, 0.15) is 7.45 Å². The fraction of sp³-hybridized carbons (Fsp3) is 0.667. The van der Waals surface area contributed by atoms with Gasteiger partial charge in [-0.3, -0.25) is 9.00 Å². The van der Waals surface area contributed by atoms with Gasteiger partial charge in [0.2, 0.25) is 0 Å². The normalized spacial score (nSPS) is 18.1. The molecule has 0 spiro atoms. The number of carboxylic acid groups (broad SMARTS) is 1. The summed E-state index contributed by atoms with van der Waals surface area (Å²) in [4.78, 5) is 10.0. The van der Waals surface area contributed by atoms with Crippen molar-refractivity contribution in [2.24, 2.45) is 5.73 Å². The van der Waals surface area contributed by atoms with Crippen molar-refractivity contribution in [3.8, 4) is 0 Å². The van der Waals surface area contributed by atoms with Gasteiger partial charge in [-0.2, -0.15) is 0 Å². The molecule has 6 heteroatoms. The third kappa shape index (κ3) is 4.07. The van der Waals surface area contributed by atoms with Gasteiger partial charge in [-0.25, -0.2) is 0 Å². The maximum Gasteiger partial charge on any atom is 0.321 e. The predicted octanol–water partition coefficient (Wildman–Crippen LogP) is -1.72. The Morgan fingerprint density at radius 3 is 2.78 bits per heavy atom. The van der Waals surface area contributed by atoms with Gasteiger partial charge in [0, 0.05) is 5.75 Å². The fourth-order valence-electron chi connectivity index (χ4n) is 0.207. The lowest BCUT2D eigenvalue weighted by molar-refractivity contribution is -0.137. The first-order valence-electron chi connectivity index (χ1n) is 2.54. The molecule has 0 fully saturated rings. The van der Waals surface area contributed by atoms with E-state index in [1.807, 2.05) is 0 Å². The van der Waals surface area contributed by atoms with Crippen molar-refractivity contribution in [2.75, 3.05) is 5.75 Å². The third-order valence-corrected chi connectivity index (χ3v) is 1.21. The van der Waals surface area contributed by atoms with Crippen LogP contribution in [0.5, 0.6) is 0 Å². The molecule has 0 saturated carbocycles. The van der Waals surface area contributed by atoms with Gasteiger partial charge in [0.25, 0.3) is 0 Å². The van der Waals surface area contributed by atoms with Gasteiger partial charge in [-0.05, 0) is 0 Å². The minimum atomic E-state index is -2.43. The summed E-state index contributed by atoms with van der Waals surface area (Å²) in [6.45, 7) is 0. The zero-order valence-electron chi connectivity index (χ0n) is 5.36. The molecule has 0 aliphatic carbocycles. The second-order valence-corrected chi connectivity index (χ2v) is 2.30. The number of hydrogen-bond donors (Lipinski definition) is 2. The van der Waals surface area contributed by atoms with E-state index in [4.69, 9.17) is 6.52 Å². The Morgan fingerprint density at radius 1 is 2.11 bits per heavy atom. The molecule has 0 rings (SSSR count). The molecule has 0 aliphatic heterocycles. The lowest BCUT2D eigenvalue weighted by Crippen LogP contribution is -2.35. The van der Waals surface area contributed by atoms with Crippen LogP contribution in [0.3, 0.4) is 0 Å². The monoisotopic (exact) mass is 154 g/mol. The van der Waals surface area contributed by atoms with Gasteiger partial charge in [-0.1, -0.05) is 11.1 Å². The zero-order chi connectivity index (χ0) is 8.15. The minimum Gasteiger partial charge on any atom is -0.772 e. The Bertz CT molecular complexity index is 151. The first-order valence-corrected chi connectivity index (χ1v) is 3.28. The van der Waals surface area contributed by atoms with E-state index in [2.05, 4.69) is 0 Å². The highest BCUT2D eigenvalue weighted by molar-refractivity contribution is 7.79. The maximum absolute atomic E-state index is 10.0. The van der Waals surface area contributed by atoms with Gasteiger partial charge < -0.3 is 15.4 Å². The van der Waals surface area contributed by atoms with Crippen LogP contribution in [-0.4, -0.2) is 31.6 Å². The number of rotatable bonds is 4. The van der Waals surface area contributed by atoms with Crippen LogP contribution in [-0.2, 0) is 15.9 Å². The molecule has 3 N–H and O–H groups in total. The smallest absolute Gasteiger partial charge is 0.321 e. The van der Waals surface area contributed by atoms with Crippen LogP contribution in [0.1, 0.15) is 0 Å². The Morgan fingerprint density at radius 2 is 2.67 bits per heavy atom. The van der Waals surface area contributed by atoms with Crippen molar-refractivity contribution in [3.63, 3.8) is 0 Å². The predicted molar refractivity (Wildman–Crippen MR) is 29.4 cm³/mol. The zero-order valence-corrected chi connectivity index (χ0v) is 5.18. The van der Waals surface area contributed by atoms with Crippen molar-refractivity contribution < 1.29 is 20.1 Å². The highest BCUT2D eigenvalue weighted by atomic mass is 32.2.